The highest BCUT2D eigenvalue weighted by atomic mass is 16.2. The number of carbonyl (C=O) groups excluding carboxylic acids is 2. The first-order valence-electron chi connectivity index (χ1n) is 8.59. The van der Waals surface area contributed by atoms with Crippen molar-refractivity contribution in [3.63, 3.8) is 0 Å². The fourth-order valence-corrected chi connectivity index (χ4v) is 3.77. The Morgan fingerprint density at radius 2 is 1.65 bits per heavy atom. The molecular formula is C20H16N4O2. The van der Waals surface area contributed by atoms with Crippen LogP contribution in [0.4, 0.5) is 11.4 Å². The molecule has 2 amide bonds. The maximum atomic E-state index is 13.3. The van der Waals surface area contributed by atoms with E-state index in [9.17, 15) is 9.59 Å². The number of aromatic nitrogens is 2. The van der Waals surface area contributed by atoms with Crippen molar-refractivity contribution >= 4 is 23.2 Å². The molecule has 2 aliphatic rings. The quantitative estimate of drug-likeness (QED) is 0.717. The van der Waals surface area contributed by atoms with E-state index in [2.05, 4.69) is 5.10 Å². The van der Waals surface area contributed by atoms with Gasteiger partial charge in [-0.3, -0.25) is 24.1 Å². The number of hydrogen-bond donors (Lipinski definition) is 0. The van der Waals surface area contributed by atoms with Gasteiger partial charge in [-0.05, 0) is 25.1 Å². The molecule has 6 heteroatoms. The molecule has 128 valence electrons. The number of amides is 2. The van der Waals surface area contributed by atoms with Gasteiger partial charge in [-0.15, -0.1) is 0 Å². The lowest BCUT2D eigenvalue weighted by molar-refractivity contribution is 0.0945. The number of aryl methyl sites for hydroxylation is 1. The maximum absolute atomic E-state index is 13.3. The smallest absolute Gasteiger partial charge is 0.281 e. The van der Waals surface area contributed by atoms with Gasteiger partial charge in [0.05, 0.1) is 5.69 Å². The molecule has 3 aromatic rings. The topological polar surface area (TPSA) is 58.4 Å². The summed E-state index contributed by atoms with van der Waals surface area (Å²) in [5.74, 6) is -0.292. The molecule has 5 rings (SSSR count). The highest BCUT2D eigenvalue weighted by Crippen LogP contribution is 2.46. The number of fused-ring (bicyclic) bond motifs is 5. The number of para-hydroxylation sites is 1. The fraction of sp³-hybridized carbons (Fsp3) is 0.150. The standard InChI is InChI=1S/C20H16N4O2/c1-2-22-12-16-17(21-22)20(26)23(13-8-4-3-5-9-13)18-14-10-6-7-11-15(14)19(25)24(16)18/h3-12,18H,2H2,1H3/t18-/m0/s1. The number of anilines is 2. The first-order valence-corrected chi connectivity index (χ1v) is 8.59. The van der Waals surface area contributed by atoms with Crippen molar-refractivity contribution in [2.75, 3.05) is 9.80 Å². The van der Waals surface area contributed by atoms with E-state index in [0.29, 0.717) is 23.5 Å². The van der Waals surface area contributed by atoms with E-state index >= 15 is 0 Å². The molecule has 2 aliphatic heterocycles. The van der Waals surface area contributed by atoms with Crippen molar-refractivity contribution in [1.82, 2.24) is 9.78 Å². The van der Waals surface area contributed by atoms with Gasteiger partial charge in [-0.1, -0.05) is 36.4 Å². The minimum atomic E-state index is -0.490. The third-order valence-corrected chi connectivity index (χ3v) is 4.96. The van der Waals surface area contributed by atoms with Gasteiger partial charge in [-0.25, -0.2) is 0 Å². The Balaban J connectivity index is 1.79. The molecule has 0 bridgehead atoms. The van der Waals surface area contributed by atoms with Crippen molar-refractivity contribution in [3.05, 3.63) is 77.6 Å². The monoisotopic (exact) mass is 344 g/mol. The number of hydrogen-bond acceptors (Lipinski definition) is 3. The summed E-state index contributed by atoms with van der Waals surface area (Å²) < 4.78 is 1.70. The second-order valence-corrected chi connectivity index (χ2v) is 6.37. The Kier molecular flexibility index (Phi) is 3.03. The average Bonchev–Trinajstić information content (AvgIpc) is 3.23. The highest BCUT2D eigenvalue weighted by Gasteiger charge is 2.49. The lowest BCUT2D eigenvalue weighted by Crippen LogP contribution is -2.48. The van der Waals surface area contributed by atoms with E-state index in [0.717, 1.165) is 11.3 Å². The molecule has 0 aliphatic carbocycles. The first-order chi connectivity index (χ1) is 12.7. The molecular weight excluding hydrogens is 328 g/mol. The molecule has 0 N–H and O–H groups in total. The molecule has 2 aromatic carbocycles. The Labute approximate surface area is 150 Å². The zero-order valence-electron chi connectivity index (χ0n) is 14.2. The van der Waals surface area contributed by atoms with E-state index in [1.54, 1.807) is 20.7 Å². The first kappa shape index (κ1) is 14.9. The summed E-state index contributed by atoms with van der Waals surface area (Å²) in [6, 6.07) is 16.9. The van der Waals surface area contributed by atoms with E-state index in [-0.39, 0.29) is 11.8 Å². The van der Waals surface area contributed by atoms with Crippen LogP contribution in [0.3, 0.4) is 0 Å². The number of rotatable bonds is 2. The molecule has 0 saturated carbocycles. The predicted molar refractivity (Wildman–Crippen MR) is 97.1 cm³/mol. The predicted octanol–water partition coefficient (Wildman–Crippen LogP) is 3.22. The van der Waals surface area contributed by atoms with Crippen LogP contribution in [0.2, 0.25) is 0 Å². The molecule has 1 aromatic heterocycles. The minimum absolute atomic E-state index is 0.101. The fourth-order valence-electron chi connectivity index (χ4n) is 3.77. The summed E-state index contributed by atoms with van der Waals surface area (Å²) in [4.78, 5) is 29.8. The zero-order valence-corrected chi connectivity index (χ0v) is 14.2. The summed E-state index contributed by atoms with van der Waals surface area (Å²) in [7, 11) is 0. The summed E-state index contributed by atoms with van der Waals surface area (Å²) in [6.07, 6.45) is 1.29. The summed E-state index contributed by atoms with van der Waals surface area (Å²) in [5.41, 5.74) is 3.10. The van der Waals surface area contributed by atoms with Crippen molar-refractivity contribution in [2.24, 2.45) is 0 Å². The molecule has 1 atom stereocenters. The van der Waals surface area contributed by atoms with Gasteiger partial charge >= 0.3 is 0 Å². The molecule has 3 heterocycles. The van der Waals surface area contributed by atoms with Crippen LogP contribution >= 0.6 is 0 Å². The number of nitrogens with zero attached hydrogens (tertiary/aromatic N) is 4. The SMILES string of the molecule is CCn1cc2c(n1)C(=O)N(c1ccccc1)[C@@H]1c3ccccc3C(=O)N21. The van der Waals surface area contributed by atoms with Crippen LogP contribution in [0.15, 0.2) is 60.8 Å². The van der Waals surface area contributed by atoms with Gasteiger partial charge in [0.25, 0.3) is 11.8 Å². The second-order valence-electron chi connectivity index (χ2n) is 6.37. The van der Waals surface area contributed by atoms with E-state index in [1.807, 2.05) is 61.5 Å². The van der Waals surface area contributed by atoms with Gasteiger partial charge < -0.3 is 0 Å². The third kappa shape index (κ3) is 1.84. The van der Waals surface area contributed by atoms with Crippen LogP contribution in [0.25, 0.3) is 0 Å². The summed E-state index contributed by atoms with van der Waals surface area (Å²) in [5, 5.41) is 4.42. The van der Waals surface area contributed by atoms with E-state index in [1.165, 1.54) is 0 Å². The molecule has 0 spiro atoms. The molecule has 6 nitrogen and oxygen atoms in total. The van der Waals surface area contributed by atoms with Crippen LogP contribution in [0, 0.1) is 0 Å². The second kappa shape index (κ2) is 5.29. The Hall–Kier alpha value is -3.41. The molecule has 0 unspecified atom stereocenters. The van der Waals surface area contributed by atoms with Crippen molar-refractivity contribution in [1.29, 1.82) is 0 Å². The Bertz CT molecular complexity index is 1040. The van der Waals surface area contributed by atoms with Gasteiger partial charge in [0.15, 0.2) is 5.69 Å². The van der Waals surface area contributed by atoms with Gasteiger partial charge in [0.1, 0.15) is 6.17 Å². The lowest BCUT2D eigenvalue weighted by Gasteiger charge is -2.38. The van der Waals surface area contributed by atoms with E-state index < -0.39 is 6.17 Å². The Morgan fingerprint density at radius 3 is 2.42 bits per heavy atom. The highest BCUT2D eigenvalue weighted by molar-refractivity contribution is 6.20. The Morgan fingerprint density at radius 1 is 0.923 bits per heavy atom. The maximum Gasteiger partial charge on any atom is 0.282 e. The molecule has 0 fully saturated rings. The largest absolute Gasteiger partial charge is 0.282 e. The van der Waals surface area contributed by atoms with Gasteiger partial charge in [-0.2, -0.15) is 5.10 Å². The number of benzene rings is 2. The normalized spacial score (nSPS) is 18.0. The van der Waals surface area contributed by atoms with Crippen molar-refractivity contribution in [2.45, 2.75) is 19.6 Å². The van der Waals surface area contributed by atoms with Crippen LogP contribution in [0.5, 0.6) is 0 Å². The van der Waals surface area contributed by atoms with Gasteiger partial charge in [0.2, 0.25) is 0 Å². The third-order valence-electron chi connectivity index (χ3n) is 4.96. The van der Waals surface area contributed by atoms with E-state index in [4.69, 9.17) is 0 Å². The summed E-state index contributed by atoms with van der Waals surface area (Å²) in [6.45, 7) is 2.58. The summed E-state index contributed by atoms with van der Waals surface area (Å²) >= 11 is 0. The van der Waals surface area contributed by atoms with Crippen molar-refractivity contribution < 1.29 is 9.59 Å². The van der Waals surface area contributed by atoms with Gasteiger partial charge in [0, 0.05) is 29.6 Å². The average molecular weight is 344 g/mol. The molecule has 0 saturated heterocycles. The van der Waals surface area contributed by atoms with Crippen LogP contribution in [-0.2, 0) is 6.54 Å². The van der Waals surface area contributed by atoms with Crippen LogP contribution < -0.4 is 9.80 Å². The minimum Gasteiger partial charge on any atom is -0.281 e. The molecule has 26 heavy (non-hydrogen) atoms. The molecule has 0 radical (unpaired) electrons. The van der Waals surface area contributed by atoms with Crippen molar-refractivity contribution in [3.8, 4) is 0 Å². The zero-order chi connectivity index (χ0) is 17.8. The lowest BCUT2D eigenvalue weighted by atomic mass is 10.1. The van der Waals surface area contributed by atoms with Crippen LogP contribution in [-0.4, -0.2) is 21.6 Å². The number of carbonyl (C=O) groups is 2. The van der Waals surface area contributed by atoms with Crippen LogP contribution in [0.1, 0.15) is 39.5 Å².